The molecule has 0 saturated carbocycles. The summed E-state index contributed by atoms with van der Waals surface area (Å²) in [6, 6.07) is 1.73. The van der Waals surface area contributed by atoms with Crippen molar-refractivity contribution in [2.24, 2.45) is 4.99 Å². The summed E-state index contributed by atoms with van der Waals surface area (Å²) < 4.78 is 75.5. The smallest absolute Gasteiger partial charge is 0.417 e. The van der Waals surface area contributed by atoms with E-state index in [-0.39, 0.29) is 33.2 Å². The van der Waals surface area contributed by atoms with Gasteiger partial charge in [0.1, 0.15) is 11.6 Å². The molecule has 0 fully saturated rings. The third-order valence-electron chi connectivity index (χ3n) is 5.30. The van der Waals surface area contributed by atoms with Crippen molar-refractivity contribution in [3.05, 3.63) is 74.2 Å². The molecule has 2 N–H and O–H groups in total. The average molecular weight is 487 g/mol. The molecule has 0 radical (unpaired) electrons. The van der Waals surface area contributed by atoms with Gasteiger partial charge in [-0.25, -0.2) is 13.8 Å². The Balaban J connectivity index is 0.00000324. The quantitative estimate of drug-likeness (QED) is 0.585. The Kier molecular flexibility index (Phi) is 7.23. The fourth-order valence-corrected chi connectivity index (χ4v) is 3.73. The molecule has 0 spiro atoms. The fraction of sp³-hybridized carbons (Fsp3) is 0.348. The van der Waals surface area contributed by atoms with Gasteiger partial charge in [-0.15, -0.1) is 0 Å². The van der Waals surface area contributed by atoms with Gasteiger partial charge in [-0.05, 0) is 32.9 Å². The number of benzene rings is 1. The number of aromatic amines is 1. The molecule has 2 heterocycles. The van der Waals surface area contributed by atoms with Crippen LogP contribution >= 0.6 is 0 Å². The van der Waals surface area contributed by atoms with Gasteiger partial charge in [0.05, 0.1) is 41.9 Å². The molecule has 34 heavy (non-hydrogen) atoms. The molecule has 0 bridgehead atoms. The molecule has 1 aromatic carbocycles. The number of nitrogens with one attached hydrogen (secondary N) is 2. The number of H-pyrrole nitrogens is 1. The summed E-state index contributed by atoms with van der Waals surface area (Å²) in [6.45, 7) is 4.17. The van der Waals surface area contributed by atoms with E-state index < -0.39 is 57.9 Å². The standard InChI is InChI=1S/C23H22F5N3O3.2H2/c1-4-34-22-18-16(6-5-9-29-22)31-21(33)17(19(18)23(26,27)28)11(2)20(32)30-12(3)14-8-7-13(24)10-15(14)25;;/h5-8,10-12H,4,9H2,1-3H3,(H,30,32)(H,31,33);2*1H/t11-,12+;;/m1../s1. The first kappa shape index (κ1) is 25.1. The van der Waals surface area contributed by atoms with Crippen LogP contribution < -0.4 is 10.9 Å². The van der Waals surface area contributed by atoms with Crippen molar-refractivity contribution in [2.45, 2.75) is 38.9 Å². The van der Waals surface area contributed by atoms with Crippen LogP contribution in [0.2, 0.25) is 0 Å². The van der Waals surface area contributed by atoms with Crippen LogP contribution in [0, 0.1) is 11.6 Å². The van der Waals surface area contributed by atoms with E-state index in [4.69, 9.17) is 4.74 Å². The van der Waals surface area contributed by atoms with E-state index in [1.807, 2.05) is 0 Å². The molecule has 3 rings (SSSR count). The SMILES string of the molecule is CCOC1=NCC=Cc2[nH]c(=O)c([C@@H](C)C(=O)N[C@@H](C)c3ccc(F)cc3F)c(C(F)(F)F)c21.[HH].[HH]. The van der Waals surface area contributed by atoms with E-state index in [2.05, 4.69) is 15.3 Å². The summed E-state index contributed by atoms with van der Waals surface area (Å²) in [6.07, 6.45) is -2.25. The van der Waals surface area contributed by atoms with Gasteiger partial charge in [-0.2, -0.15) is 13.2 Å². The topological polar surface area (TPSA) is 83.5 Å². The Bertz CT molecular complexity index is 1230. The number of ether oxygens (including phenoxy) is 1. The number of carbonyl (C=O) groups excluding carboxylic acids is 1. The largest absolute Gasteiger partial charge is 0.478 e. The monoisotopic (exact) mass is 487 g/mol. The molecule has 6 nitrogen and oxygen atoms in total. The van der Waals surface area contributed by atoms with Crippen molar-refractivity contribution in [1.29, 1.82) is 0 Å². The second-order valence-electron chi connectivity index (χ2n) is 7.63. The van der Waals surface area contributed by atoms with Crippen LogP contribution in [0.3, 0.4) is 0 Å². The van der Waals surface area contributed by atoms with Crippen molar-refractivity contribution in [1.82, 2.24) is 10.3 Å². The minimum absolute atomic E-state index is 0. The molecule has 0 aliphatic carbocycles. The van der Waals surface area contributed by atoms with Gasteiger partial charge in [0, 0.05) is 20.0 Å². The number of amides is 1. The zero-order valence-corrected chi connectivity index (χ0v) is 18.5. The van der Waals surface area contributed by atoms with Crippen molar-refractivity contribution in [2.75, 3.05) is 13.2 Å². The van der Waals surface area contributed by atoms with Crippen LogP contribution in [0.15, 0.2) is 34.1 Å². The second kappa shape index (κ2) is 9.78. The third-order valence-corrected chi connectivity index (χ3v) is 5.30. The normalized spacial score (nSPS) is 15.1. The number of halogens is 5. The first-order chi connectivity index (χ1) is 16.0. The number of alkyl halides is 3. The third kappa shape index (κ3) is 5.02. The van der Waals surface area contributed by atoms with Gasteiger partial charge in [-0.1, -0.05) is 12.1 Å². The number of rotatable bonds is 5. The van der Waals surface area contributed by atoms with Gasteiger partial charge in [0.15, 0.2) is 0 Å². The van der Waals surface area contributed by atoms with Crippen LogP contribution in [0.25, 0.3) is 6.08 Å². The fourth-order valence-electron chi connectivity index (χ4n) is 3.73. The van der Waals surface area contributed by atoms with Crippen LogP contribution in [-0.4, -0.2) is 29.9 Å². The average Bonchev–Trinajstić information content (AvgIpc) is 2.93. The lowest BCUT2D eigenvalue weighted by Gasteiger charge is -2.23. The molecule has 1 aromatic heterocycles. The van der Waals surface area contributed by atoms with Crippen LogP contribution in [0.5, 0.6) is 0 Å². The maximum absolute atomic E-state index is 14.3. The first-order valence-corrected chi connectivity index (χ1v) is 10.4. The van der Waals surface area contributed by atoms with E-state index in [1.54, 1.807) is 6.92 Å². The Hall–Kier alpha value is -3.50. The minimum Gasteiger partial charge on any atom is -0.478 e. The number of aliphatic imine (C=N–C) groups is 1. The number of hydrogen-bond acceptors (Lipinski definition) is 4. The molecule has 2 atom stereocenters. The highest BCUT2D eigenvalue weighted by Gasteiger charge is 2.43. The molecule has 0 unspecified atom stereocenters. The summed E-state index contributed by atoms with van der Waals surface area (Å²) in [5.41, 5.74) is -3.91. The number of nitrogens with zero attached hydrogens (tertiary/aromatic N) is 1. The minimum atomic E-state index is -5.02. The van der Waals surface area contributed by atoms with Crippen molar-refractivity contribution >= 4 is 17.9 Å². The number of pyridine rings is 1. The number of fused-ring (bicyclic) bond motifs is 1. The molecular weight excluding hydrogens is 461 g/mol. The van der Waals surface area contributed by atoms with Crippen molar-refractivity contribution in [3.8, 4) is 0 Å². The van der Waals surface area contributed by atoms with Crippen molar-refractivity contribution < 1.29 is 34.3 Å². The predicted molar refractivity (Wildman–Crippen MR) is 120 cm³/mol. The van der Waals surface area contributed by atoms with E-state index >= 15 is 0 Å². The summed E-state index contributed by atoms with van der Waals surface area (Å²) in [5.74, 6) is -4.58. The van der Waals surface area contributed by atoms with Gasteiger partial charge < -0.3 is 15.0 Å². The summed E-state index contributed by atoms with van der Waals surface area (Å²) in [4.78, 5) is 32.1. The lowest BCUT2D eigenvalue weighted by atomic mass is 9.91. The lowest BCUT2D eigenvalue weighted by Crippen LogP contribution is -2.36. The number of hydrogen-bond donors (Lipinski definition) is 2. The molecule has 1 aliphatic rings. The maximum Gasteiger partial charge on any atom is 0.417 e. The zero-order chi connectivity index (χ0) is 25.2. The number of carbonyl (C=O) groups is 1. The molecular formula is C23H26F5N3O3. The van der Waals surface area contributed by atoms with E-state index in [0.29, 0.717) is 6.07 Å². The Labute approximate surface area is 194 Å². The first-order valence-electron chi connectivity index (χ1n) is 10.4. The van der Waals surface area contributed by atoms with Gasteiger partial charge in [-0.3, -0.25) is 9.59 Å². The summed E-state index contributed by atoms with van der Waals surface area (Å²) >= 11 is 0. The second-order valence-corrected chi connectivity index (χ2v) is 7.63. The van der Waals surface area contributed by atoms with E-state index in [0.717, 1.165) is 19.1 Å². The van der Waals surface area contributed by atoms with Gasteiger partial charge in [0.25, 0.3) is 5.56 Å². The van der Waals surface area contributed by atoms with Gasteiger partial charge in [0.2, 0.25) is 11.8 Å². The predicted octanol–water partition coefficient (Wildman–Crippen LogP) is 4.95. The Morgan fingerprint density at radius 1 is 1.29 bits per heavy atom. The van der Waals surface area contributed by atoms with Crippen LogP contribution in [-0.2, 0) is 15.7 Å². The molecule has 1 amide bonds. The van der Waals surface area contributed by atoms with Crippen molar-refractivity contribution in [3.63, 3.8) is 0 Å². The van der Waals surface area contributed by atoms with E-state index in [9.17, 15) is 31.5 Å². The molecule has 11 heteroatoms. The van der Waals surface area contributed by atoms with Crippen LogP contribution in [0.4, 0.5) is 22.0 Å². The van der Waals surface area contributed by atoms with E-state index in [1.165, 1.54) is 19.1 Å². The highest BCUT2D eigenvalue weighted by Crippen LogP contribution is 2.38. The van der Waals surface area contributed by atoms with Gasteiger partial charge >= 0.3 is 6.18 Å². The molecule has 1 aliphatic heterocycles. The lowest BCUT2D eigenvalue weighted by molar-refractivity contribution is -0.139. The zero-order valence-electron chi connectivity index (χ0n) is 18.5. The Morgan fingerprint density at radius 3 is 2.62 bits per heavy atom. The van der Waals surface area contributed by atoms with Crippen LogP contribution in [0.1, 0.15) is 63.5 Å². The molecule has 0 saturated heterocycles. The number of aromatic nitrogens is 1. The Morgan fingerprint density at radius 2 is 2.00 bits per heavy atom. The summed E-state index contributed by atoms with van der Waals surface area (Å²) in [5, 5.41) is 2.39. The highest BCUT2D eigenvalue weighted by molar-refractivity contribution is 6.00. The maximum atomic E-state index is 14.3. The molecule has 2 aromatic rings. The molecule has 186 valence electrons. The summed E-state index contributed by atoms with van der Waals surface area (Å²) in [7, 11) is 0. The highest BCUT2D eigenvalue weighted by atomic mass is 19.4.